The number of rotatable bonds is 10. The van der Waals surface area contributed by atoms with Crippen LogP contribution in [0.25, 0.3) is 20.9 Å². The molecule has 0 aliphatic rings. The van der Waals surface area contributed by atoms with Crippen LogP contribution < -0.4 is 15.2 Å². The van der Waals surface area contributed by atoms with Crippen molar-refractivity contribution >= 4 is 66.4 Å². The summed E-state index contributed by atoms with van der Waals surface area (Å²) in [6.45, 7) is 0.659. The van der Waals surface area contributed by atoms with E-state index in [-0.39, 0.29) is 29.6 Å². The highest BCUT2D eigenvalue weighted by molar-refractivity contribution is 7.89. The molecule has 1 amide bonds. The Hall–Kier alpha value is -2.96. The predicted molar refractivity (Wildman–Crippen MR) is 149 cm³/mol. The first kappa shape index (κ1) is 28.6. The van der Waals surface area contributed by atoms with Gasteiger partial charge in [-0.2, -0.15) is 4.72 Å². The van der Waals surface area contributed by atoms with Gasteiger partial charge in [-0.3, -0.25) is 4.79 Å². The maximum absolute atomic E-state index is 13.4. The lowest BCUT2D eigenvalue weighted by Gasteiger charge is -2.24. The summed E-state index contributed by atoms with van der Waals surface area (Å²) < 4.78 is 40.8. The number of hydrogen-bond acceptors (Lipinski definition) is 8. The molecule has 1 atom stereocenters. The van der Waals surface area contributed by atoms with Crippen LogP contribution in [0.2, 0.25) is 0 Å². The number of anilines is 1. The number of nitrogens with zero attached hydrogens (tertiary/aromatic N) is 2. The molecule has 9 nitrogen and oxygen atoms in total. The molecule has 12 heteroatoms. The van der Waals surface area contributed by atoms with Gasteiger partial charge in [-0.25, -0.2) is 13.4 Å². The SMILES string of the molecule is COCCN(C)C(=O)C(Cc1cc2c(N)nccc2s1)NS(=O)(=O)c1ccc2ccc(OC)cc2c1.Cl. The molecule has 37 heavy (non-hydrogen) atoms. The summed E-state index contributed by atoms with van der Waals surface area (Å²) >= 11 is 1.45. The minimum Gasteiger partial charge on any atom is -0.497 e. The van der Waals surface area contributed by atoms with Crippen molar-refractivity contribution in [3.8, 4) is 5.75 Å². The third-order valence-corrected chi connectivity index (χ3v) is 8.46. The number of ether oxygens (including phenoxy) is 2. The number of sulfonamides is 1. The standard InChI is InChI=1S/C25H28N4O5S2.ClH/c1-29(10-11-33-2)25(30)22(15-19-14-21-23(35-19)8-9-27-24(21)26)28-36(31,32)20-7-5-16-4-6-18(34-3)12-17(16)13-20;/h4-9,12-14,22,28H,10-11,15H2,1-3H3,(H2,26,27);1H. The van der Waals surface area contributed by atoms with Crippen LogP contribution in [0.4, 0.5) is 5.82 Å². The molecule has 0 aliphatic carbocycles. The Morgan fingerprint density at radius 3 is 2.59 bits per heavy atom. The van der Waals surface area contributed by atoms with Crippen LogP contribution in [0.5, 0.6) is 5.75 Å². The molecular weight excluding hydrogens is 536 g/mol. The van der Waals surface area contributed by atoms with Gasteiger partial charge in [-0.05, 0) is 47.2 Å². The first-order chi connectivity index (χ1) is 17.2. The molecule has 0 spiro atoms. The van der Waals surface area contributed by atoms with Gasteiger partial charge in [0.05, 0.1) is 18.6 Å². The minimum absolute atomic E-state index is 0. The Balaban J connectivity index is 0.00000380. The number of hydrogen-bond donors (Lipinski definition) is 2. The zero-order valence-electron chi connectivity index (χ0n) is 20.6. The van der Waals surface area contributed by atoms with E-state index in [4.69, 9.17) is 15.2 Å². The van der Waals surface area contributed by atoms with Gasteiger partial charge in [-0.1, -0.05) is 12.1 Å². The number of nitrogens with one attached hydrogen (secondary N) is 1. The van der Waals surface area contributed by atoms with Crippen LogP contribution in [0.1, 0.15) is 4.88 Å². The van der Waals surface area contributed by atoms with Gasteiger partial charge in [-0.15, -0.1) is 23.7 Å². The highest BCUT2D eigenvalue weighted by Crippen LogP contribution is 2.30. The maximum atomic E-state index is 13.4. The van der Waals surface area contributed by atoms with E-state index in [1.54, 1.807) is 45.7 Å². The molecule has 0 saturated heterocycles. The van der Waals surface area contributed by atoms with Crippen molar-refractivity contribution in [2.45, 2.75) is 17.4 Å². The summed E-state index contributed by atoms with van der Waals surface area (Å²) in [6.07, 6.45) is 1.78. The molecule has 0 aliphatic heterocycles. The lowest BCUT2D eigenvalue weighted by atomic mass is 10.1. The number of methoxy groups -OCH3 is 2. The number of halogens is 1. The van der Waals surface area contributed by atoms with E-state index in [9.17, 15) is 13.2 Å². The Morgan fingerprint density at radius 1 is 1.14 bits per heavy atom. The Bertz CT molecular complexity index is 1510. The van der Waals surface area contributed by atoms with Gasteiger partial charge in [0.2, 0.25) is 15.9 Å². The second kappa shape index (κ2) is 12.1. The van der Waals surface area contributed by atoms with E-state index in [1.807, 2.05) is 24.3 Å². The summed E-state index contributed by atoms with van der Waals surface area (Å²) in [5.74, 6) is 0.653. The Morgan fingerprint density at radius 2 is 1.89 bits per heavy atom. The fourth-order valence-electron chi connectivity index (χ4n) is 3.87. The van der Waals surface area contributed by atoms with E-state index >= 15 is 0 Å². The van der Waals surface area contributed by atoms with Crippen molar-refractivity contribution < 1.29 is 22.7 Å². The third-order valence-electron chi connectivity index (χ3n) is 5.86. The number of nitrogen functional groups attached to an aromatic ring is 1. The smallest absolute Gasteiger partial charge is 0.241 e. The lowest BCUT2D eigenvalue weighted by molar-refractivity contribution is -0.132. The molecular formula is C25H29ClN4O5S2. The van der Waals surface area contributed by atoms with Gasteiger partial charge in [0.1, 0.15) is 17.6 Å². The monoisotopic (exact) mass is 564 g/mol. The summed E-state index contributed by atoms with van der Waals surface area (Å²) in [4.78, 5) is 19.8. The van der Waals surface area contributed by atoms with E-state index in [1.165, 1.54) is 22.3 Å². The Kier molecular flexibility index (Phi) is 9.32. The maximum Gasteiger partial charge on any atom is 0.241 e. The molecule has 3 N–H and O–H groups in total. The van der Waals surface area contributed by atoms with Crippen LogP contribution in [-0.4, -0.2) is 64.7 Å². The fraction of sp³-hybridized carbons (Fsp3) is 0.280. The largest absolute Gasteiger partial charge is 0.497 e. The van der Waals surface area contributed by atoms with Crippen molar-refractivity contribution in [3.63, 3.8) is 0 Å². The zero-order chi connectivity index (χ0) is 25.9. The zero-order valence-corrected chi connectivity index (χ0v) is 23.1. The van der Waals surface area contributed by atoms with E-state index in [2.05, 4.69) is 9.71 Å². The molecule has 0 bridgehead atoms. The van der Waals surface area contributed by atoms with E-state index in [0.717, 1.165) is 20.3 Å². The van der Waals surface area contributed by atoms with E-state index < -0.39 is 16.1 Å². The van der Waals surface area contributed by atoms with Crippen LogP contribution in [-0.2, 0) is 26.0 Å². The minimum atomic E-state index is -4.03. The molecule has 0 fully saturated rings. The van der Waals surface area contributed by atoms with Crippen LogP contribution >= 0.6 is 23.7 Å². The van der Waals surface area contributed by atoms with Gasteiger partial charge in [0, 0.05) is 48.3 Å². The van der Waals surface area contributed by atoms with Crippen molar-refractivity contribution in [2.24, 2.45) is 0 Å². The number of aromatic nitrogens is 1. The lowest BCUT2D eigenvalue weighted by Crippen LogP contribution is -2.49. The highest BCUT2D eigenvalue weighted by atomic mass is 35.5. The van der Waals surface area contributed by atoms with Crippen molar-refractivity contribution in [1.82, 2.24) is 14.6 Å². The molecule has 4 rings (SSSR count). The number of thiophene rings is 1. The summed E-state index contributed by atoms with van der Waals surface area (Å²) in [6, 6.07) is 12.9. The summed E-state index contributed by atoms with van der Waals surface area (Å²) in [7, 11) is 0.690. The summed E-state index contributed by atoms with van der Waals surface area (Å²) in [5, 5.41) is 2.37. The second-order valence-corrected chi connectivity index (χ2v) is 11.2. The van der Waals surface area contributed by atoms with Gasteiger partial charge in [0.25, 0.3) is 0 Å². The second-order valence-electron chi connectivity index (χ2n) is 8.33. The van der Waals surface area contributed by atoms with Gasteiger partial charge in [0.15, 0.2) is 0 Å². The molecule has 0 radical (unpaired) electrons. The van der Waals surface area contributed by atoms with Crippen molar-refractivity contribution in [1.29, 1.82) is 0 Å². The molecule has 2 heterocycles. The molecule has 0 saturated carbocycles. The number of amides is 1. The third kappa shape index (κ3) is 6.49. The first-order valence-electron chi connectivity index (χ1n) is 11.2. The molecule has 2 aromatic heterocycles. The van der Waals surface area contributed by atoms with Crippen molar-refractivity contribution in [3.05, 3.63) is 59.6 Å². The molecule has 4 aromatic rings. The number of nitrogens with two attached hydrogens (primary N) is 1. The fourth-order valence-corrected chi connectivity index (χ4v) is 6.21. The molecule has 1 unspecified atom stereocenters. The average Bonchev–Trinajstić information content (AvgIpc) is 3.29. The average molecular weight is 565 g/mol. The van der Waals surface area contributed by atoms with Gasteiger partial charge < -0.3 is 20.1 Å². The number of likely N-dealkylation sites (N-methyl/N-ethyl adjacent to an activating group) is 1. The number of carbonyl (C=O) groups is 1. The van der Waals surface area contributed by atoms with Crippen molar-refractivity contribution in [2.75, 3.05) is 40.2 Å². The number of carbonyl (C=O) groups excluding carboxylic acids is 1. The first-order valence-corrected chi connectivity index (χ1v) is 13.5. The molecule has 2 aromatic carbocycles. The topological polar surface area (TPSA) is 124 Å². The predicted octanol–water partition coefficient (Wildman–Crippen LogP) is 3.46. The number of benzene rings is 2. The number of fused-ring (bicyclic) bond motifs is 2. The van der Waals surface area contributed by atoms with Crippen LogP contribution in [0, 0.1) is 0 Å². The van der Waals surface area contributed by atoms with Crippen LogP contribution in [0.3, 0.4) is 0 Å². The summed E-state index contributed by atoms with van der Waals surface area (Å²) in [5.41, 5.74) is 5.99. The highest BCUT2D eigenvalue weighted by Gasteiger charge is 2.29. The van der Waals surface area contributed by atoms with Gasteiger partial charge >= 0.3 is 0 Å². The number of pyridine rings is 1. The van der Waals surface area contributed by atoms with E-state index in [0.29, 0.717) is 30.1 Å². The normalized spacial score (nSPS) is 12.3. The van der Waals surface area contributed by atoms with Crippen LogP contribution in [0.15, 0.2) is 59.6 Å². The molecule has 198 valence electrons. The Labute approximate surface area is 226 Å². The quantitative estimate of drug-likeness (QED) is 0.302.